The molecule has 0 aliphatic carbocycles. The van der Waals surface area contributed by atoms with E-state index in [9.17, 15) is 0 Å². The van der Waals surface area contributed by atoms with Crippen LogP contribution in [-0.2, 0) is 0 Å². The van der Waals surface area contributed by atoms with Crippen LogP contribution in [0.25, 0.3) is 5.69 Å². The number of nitrogens with one attached hydrogen (secondary N) is 1. The third kappa shape index (κ3) is 4.07. The number of hydrogen-bond donors (Lipinski definition) is 1. The van der Waals surface area contributed by atoms with Gasteiger partial charge in [-0.1, -0.05) is 59.8 Å². The molecule has 2 aromatic heterocycles. The van der Waals surface area contributed by atoms with Crippen molar-refractivity contribution in [3.8, 4) is 5.69 Å². The van der Waals surface area contributed by atoms with Crippen molar-refractivity contribution in [3.05, 3.63) is 90.5 Å². The first-order chi connectivity index (χ1) is 12.8. The zero-order valence-corrected chi connectivity index (χ0v) is 15.3. The van der Waals surface area contributed by atoms with E-state index < -0.39 is 0 Å². The number of halogens is 1. The first kappa shape index (κ1) is 16.7. The molecule has 0 saturated carbocycles. The molecule has 4 nitrogen and oxygen atoms in total. The Labute approximate surface area is 160 Å². The van der Waals surface area contributed by atoms with Gasteiger partial charge in [-0.25, -0.2) is 9.97 Å². The lowest BCUT2D eigenvalue weighted by molar-refractivity contribution is 1.06. The average molecular weight is 379 g/mol. The van der Waals surface area contributed by atoms with Gasteiger partial charge in [-0.2, -0.15) is 0 Å². The van der Waals surface area contributed by atoms with Crippen molar-refractivity contribution in [2.24, 2.45) is 0 Å². The second-order valence-corrected chi connectivity index (χ2v) is 7.09. The smallest absolute Gasteiger partial charge is 0.150 e. The lowest BCUT2D eigenvalue weighted by atomic mass is 10.3. The summed E-state index contributed by atoms with van der Waals surface area (Å²) in [5.74, 6) is 1.37. The molecule has 0 spiro atoms. The lowest BCUT2D eigenvalue weighted by Crippen LogP contribution is -1.95. The molecular formula is C20H15ClN4S. The van der Waals surface area contributed by atoms with E-state index in [1.807, 2.05) is 71.4 Å². The number of pyridine rings is 1. The standard InChI is InChI=1S/C20H15ClN4S/c21-18-11-17(26-16-9-5-2-6-10-16)12-19(23-18)24-20-13-25(14-22-20)15-7-3-1-4-8-15/h1-14H,(H,23,24). The second-order valence-electron chi connectivity index (χ2n) is 5.55. The maximum atomic E-state index is 6.19. The summed E-state index contributed by atoms with van der Waals surface area (Å²) in [6, 6.07) is 24.0. The zero-order chi connectivity index (χ0) is 17.8. The summed E-state index contributed by atoms with van der Waals surface area (Å²) >= 11 is 7.83. The molecule has 1 N–H and O–H groups in total. The molecule has 2 heterocycles. The molecule has 6 heteroatoms. The van der Waals surface area contributed by atoms with Gasteiger partial charge in [0.25, 0.3) is 0 Å². The highest BCUT2D eigenvalue weighted by Gasteiger charge is 2.06. The van der Waals surface area contributed by atoms with Crippen LogP contribution in [0.5, 0.6) is 0 Å². The van der Waals surface area contributed by atoms with Crippen LogP contribution in [-0.4, -0.2) is 14.5 Å². The number of imidazole rings is 1. The number of nitrogens with zero attached hydrogens (tertiary/aromatic N) is 3. The van der Waals surface area contributed by atoms with E-state index in [0.717, 1.165) is 15.5 Å². The maximum Gasteiger partial charge on any atom is 0.150 e. The van der Waals surface area contributed by atoms with E-state index in [1.165, 1.54) is 0 Å². The van der Waals surface area contributed by atoms with Gasteiger partial charge in [0.1, 0.15) is 23.1 Å². The minimum atomic E-state index is 0.441. The molecule has 4 rings (SSSR count). The number of aromatic nitrogens is 3. The summed E-state index contributed by atoms with van der Waals surface area (Å²) in [4.78, 5) is 10.9. The molecular weight excluding hydrogens is 364 g/mol. The van der Waals surface area contributed by atoms with Crippen LogP contribution in [0.2, 0.25) is 5.15 Å². The van der Waals surface area contributed by atoms with Crippen molar-refractivity contribution < 1.29 is 0 Å². The van der Waals surface area contributed by atoms with E-state index in [-0.39, 0.29) is 0 Å². The van der Waals surface area contributed by atoms with Crippen molar-refractivity contribution in [1.29, 1.82) is 0 Å². The van der Waals surface area contributed by atoms with Crippen molar-refractivity contribution in [2.45, 2.75) is 9.79 Å². The third-order valence-electron chi connectivity index (χ3n) is 3.64. The predicted octanol–water partition coefficient (Wildman–Crippen LogP) is 5.82. The molecule has 128 valence electrons. The Morgan fingerprint density at radius 2 is 1.58 bits per heavy atom. The van der Waals surface area contributed by atoms with Crippen LogP contribution in [0.1, 0.15) is 0 Å². The van der Waals surface area contributed by atoms with Crippen molar-refractivity contribution in [1.82, 2.24) is 14.5 Å². The van der Waals surface area contributed by atoms with Gasteiger partial charge in [0.15, 0.2) is 0 Å². The molecule has 0 aliphatic rings. The number of hydrogen-bond acceptors (Lipinski definition) is 4. The molecule has 0 atom stereocenters. The molecule has 0 fully saturated rings. The van der Waals surface area contributed by atoms with Crippen LogP contribution < -0.4 is 5.32 Å². The third-order valence-corrected chi connectivity index (χ3v) is 4.81. The second kappa shape index (κ2) is 7.64. The van der Waals surface area contributed by atoms with Gasteiger partial charge < -0.3 is 9.88 Å². The molecule has 0 aliphatic heterocycles. The predicted molar refractivity (Wildman–Crippen MR) is 107 cm³/mol. The Balaban J connectivity index is 1.54. The van der Waals surface area contributed by atoms with Gasteiger partial charge in [0.05, 0.1) is 6.20 Å². The SMILES string of the molecule is Clc1cc(Sc2ccccc2)cc(Nc2cn(-c3ccccc3)cn2)n1. The molecule has 0 unspecified atom stereocenters. The van der Waals surface area contributed by atoms with Crippen LogP contribution in [0.3, 0.4) is 0 Å². The van der Waals surface area contributed by atoms with Crippen LogP contribution >= 0.6 is 23.4 Å². The minimum absolute atomic E-state index is 0.441. The Hall–Kier alpha value is -2.76. The van der Waals surface area contributed by atoms with Gasteiger partial charge in [-0.05, 0) is 36.4 Å². The van der Waals surface area contributed by atoms with E-state index in [1.54, 1.807) is 18.1 Å². The fraction of sp³-hybridized carbons (Fsp3) is 0. The first-order valence-corrected chi connectivity index (χ1v) is 9.23. The van der Waals surface area contributed by atoms with Crippen LogP contribution in [0.4, 0.5) is 11.6 Å². The fourth-order valence-electron chi connectivity index (χ4n) is 2.48. The molecule has 0 saturated heterocycles. The summed E-state index contributed by atoms with van der Waals surface area (Å²) in [5.41, 5.74) is 1.05. The molecule has 0 radical (unpaired) electrons. The molecule has 0 bridgehead atoms. The highest BCUT2D eigenvalue weighted by molar-refractivity contribution is 7.99. The molecule has 26 heavy (non-hydrogen) atoms. The normalized spacial score (nSPS) is 10.7. The quantitative estimate of drug-likeness (QED) is 0.444. The van der Waals surface area contributed by atoms with Crippen molar-refractivity contribution >= 4 is 35.0 Å². The summed E-state index contributed by atoms with van der Waals surface area (Å²) < 4.78 is 1.95. The number of anilines is 2. The number of para-hydroxylation sites is 1. The highest BCUT2D eigenvalue weighted by atomic mass is 35.5. The Morgan fingerprint density at radius 3 is 2.35 bits per heavy atom. The number of benzene rings is 2. The zero-order valence-electron chi connectivity index (χ0n) is 13.7. The van der Waals surface area contributed by atoms with E-state index in [0.29, 0.717) is 16.8 Å². The molecule has 0 amide bonds. The van der Waals surface area contributed by atoms with Gasteiger partial charge in [0.2, 0.25) is 0 Å². The van der Waals surface area contributed by atoms with Gasteiger partial charge in [0, 0.05) is 15.5 Å². The summed E-state index contributed by atoms with van der Waals surface area (Å²) in [6.07, 6.45) is 3.68. The van der Waals surface area contributed by atoms with Gasteiger partial charge in [-0.15, -0.1) is 0 Å². The first-order valence-electron chi connectivity index (χ1n) is 8.03. The molecule has 2 aromatic carbocycles. The van der Waals surface area contributed by atoms with Gasteiger partial charge >= 0.3 is 0 Å². The fourth-order valence-corrected chi connectivity index (χ4v) is 3.66. The van der Waals surface area contributed by atoms with E-state index in [4.69, 9.17) is 11.6 Å². The van der Waals surface area contributed by atoms with Crippen LogP contribution in [0.15, 0.2) is 95.1 Å². The average Bonchev–Trinajstić information content (AvgIpc) is 3.11. The lowest BCUT2D eigenvalue weighted by Gasteiger charge is -2.07. The van der Waals surface area contributed by atoms with E-state index >= 15 is 0 Å². The molecule has 4 aromatic rings. The Bertz CT molecular complexity index is 1000. The van der Waals surface area contributed by atoms with Crippen molar-refractivity contribution in [3.63, 3.8) is 0 Å². The topological polar surface area (TPSA) is 42.7 Å². The maximum absolute atomic E-state index is 6.19. The number of rotatable bonds is 5. The van der Waals surface area contributed by atoms with E-state index in [2.05, 4.69) is 27.4 Å². The summed E-state index contributed by atoms with van der Waals surface area (Å²) in [6.45, 7) is 0. The monoisotopic (exact) mass is 378 g/mol. The van der Waals surface area contributed by atoms with Gasteiger partial charge in [-0.3, -0.25) is 0 Å². The largest absolute Gasteiger partial charge is 0.324 e. The van der Waals surface area contributed by atoms with Crippen LogP contribution in [0, 0.1) is 0 Å². The Morgan fingerprint density at radius 1 is 0.846 bits per heavy atom. The Kier molecular flexibility index (Phi) is 4.91. The summed E-state index contributed by atoms with van der Waals surface area (Å²) in [7, 11) is 0. The van der Waals surface area contributed by atoms with Crippen molar-refractivity contribution in [2.75, 3.05) is 5.32 Å². The highest BCUT2D eigenvalue weighted by Crippen LogP contribution is 2.31. The minimum Gasteiger partial charge on any atom is -0.324 e. The summed E-state index contributed by atoms with van der Waals surface area (Å²) in [5, 5.41) is 3.66.